The van der Waals surface area contributed by atoms with Crippen LogP contribution in [0.4, 0.5) is 18.0 Å². The molecule has 1 aliphatic rings. The Kier molecular flexibility index (Phi) is 7.67. The van der Waals surface area contributed by atoms with Crippen molar-refractivity contribution in [3.63, 3.8) is 0 Å². The number of ether oxygens (including phenoxy) is 3. The van der Waals surface area contributed by atoms with Gasteiger partial charge in [-0.05, 0) is 61.8 Å². The number of rotatable bonds is 5. The SMILES string of the molecule is C[C@H]1CN(CCOc2ccc(OC(F)(F)F)cc2Br)CCN1C(=O)OC(C)(C)C. The third-order valence-corrected chi connectivity index (χ3v) is 4.76. The predicted octanol–water partition coefficient (Wildman–Crippen LogP) is 4.67. The van der Waals surface area contributed by atoms with E-state index in [9.17, 15) is 18.0 Å². The number of carbonyl (C=O) groups is 1. The Bertz CT molecular complexity index is 710. The van der Waals surface area contributed by atoms with Crippen LogP contribution in [0.2, 0.25) is 0 Å². The maximum Gasteiger partial charge on any atom is 0.573 e. The van der Waals surface area contributed by atoms with Crippen LogP contribution in [-0.4, -0.2) is 66.7 Å². The van der Waals surface area contributed by atoms with Crippen LogP contribution in [0.5, 0.6) is 11.5 Å². The molecule has 0 aromatic heterocycles. The van der Waals surface area contributed by atoms with Gasteiger partial charge in [0.05, 0.1) is 4.47 Å². The molecule has 1 aromatic rings. The van der Waals surface area contributed by atoms with E-state index in [1.807, 2.05) is 27.7 Å². The van der Waals surface area contributed by atoms with Crippen molar-refractivity contribution < 1.29 is 32.2 Å². The molecule has 0 spiro atoms. The van der Waals surface area contributed by atoms with Gasteiger partial charge in [-0.3, -0.25) is 4.90 Å². The van der Waals surface area contributed by atoms with Gasteiger partial charge in [-0.1, -0.05) is 0 Å². The number of hydrogen-bond donors (Lipinski definition) is 0. The Morgan fingerprint density at radius 3 is 2.48 bits per heavy atom. The Balaban J connectivity index is 1.80. The lowest BCUT2D eigenvalue weighted by Gasteiger charge is -2.40. The molecule has 0 bridgehead atoms. The lowest BCUT2D eigenvalue weighted by molar-refractivity contribution is -0.274. The van der Waals surface area contributed by atoms with Gasteiger partial charge in [-0.15, -0.1) is 13.2 Å². The van der Waals surface area contributed by atoms with E-state index < -0.39 is 12.0 Å². The molecule has 0 unspecified atom stereocenters. The number of hydrogen-bond acceptors (Lipinski definition) is 5. The van der Waals surface area contributed by atoms with E-state index in [1.165, 1.54) is 18.2 Å². The lowest BCUT2D eigenvalue weighted by Crippen LogP contribution is -2.55. The fourth-order valence-corrected chi connectivity index (χ4v) is 3.38. The summed E-state index contributed by atoms with van der Waals surface area (Å²) in [5, 5.41) is 0. The monoisotopic (exact) mass is 482 g/mol. The van der Waals surface area contributed by atoms with Crippen molar-refractivity contribution in [1.82, 2.24) is 9.80 Å². The summed E-state index contributed by atoms with van der Waals surface area (Å²) in [6, 6.07) is 3.85. The zero-order valence-electron chi connectivity index (χ0n) is 16.9. The highest BCUT2D eigenvalue weighted by Gasteiger charge is 2.32. The molecule has 1 atom stereocenters. The Morgan fingerprint density at radius 2 is 1.93 bits per heavy atom. The molecule has 0 saturated carbocycles. The normalized spacial score (nSPS) is 18.5. The minimum absolute atomic E-state index is 0.00383. The van der Waals surface area contributed by atoms with Crippen molar-refractivity contribution in [3.8, 4) is 11.5 Å². The number of nitrogens with zero attached hydrogens (tertiary/aromatic N) is 2. The summed E-state index contributed by atoms with van der Waals surface area (Å²) in [6.45, 7) is 10.4. The van der Waals surface area contributed by atoms with Gasteiger partial charge < -0.3 is 19.1 Å². The Labute approximate surface area is 177 Å². The van der Waals surface area contributed by atoms with Gasteiger partial charge in [0.1, 0.15) is 23.7 Å². The summed E-state index contributed by atoms with van der Waals surface area (Å²) >= 11 is 3.19. The highest BCUT2D eigenvalue weighted by molar-refractivity contribution is 9.10. The Hall–Kier alpha value is -1.68. The molecule has 1 heterocycles. The number of halogens is 4. The van der Waals surface area contributed by atoms with Crippen LogP contribution < -0.4 is 9.47 Å². The Morgan fingerprint density at radius 1 is 1.24 bits per heavy atom. The van der Waals surface area contributed by atoms with Gasteiger partial charge in [-0.25, -0.2) is 4.79 Å². The fraction of sp³-hybridized carbons (Fsp3) is 0.632. The van der Waals surface area contributed by atoms with Gasteiger partial charge in [0.2, 0.25) is 0 Å². The van der Waals surface area contributed by atoms with E-state index in [0.717, 1.165) is 0 Å². The van der Waals surface area contributed by atoms with Gasteiger partial charge >= 0.3 is 12.5 Å². The van der Waals surface area contributed by atoms with Crippen molar-refractivity contribution >= 4 is 22.0 Å². The molecule has 0 N–H and O–H groups in total. The minimum Gasteiger partial charge on any atom is -0.491 e. The maximum absolute atomic E-state index is 12.3. The van der Waals surface area contributed by atoms with Gasteiger partial charge in [0.25, 0.3) is 0 Å². The van der Waals surface area contributed by atoms with Gasteiger partial charge in [-0.2, -0.15) is 0 Å². The first-order valence-corrected chi connectivity index (χ1v) is 10.0. The van der Waals surface area contributed by atoms with Crippen molar-refractivity contribution in [2.24, 2.45) is 0 Å². The van der Waals surface area contributed by atoms with E-state index in [-0.39, 0.29) is 17.9 Å². The minimum atomic E-state index is -4.74. The van der Waals surface area contributed by atoms with E-state index >= 15 is 0 Å². The van der Waals surface area contributed by atoms with Crippen LogP contribution in [-0.2, 0) is 4.74 Å². The van der Waals surface area contributed by atoms with Crippen LogP contribution >= 0.6 is 15.9 Å². The molecule has 1 aliphatic heterocycles. The van der Waals surface area contributed by atoms with E-state index in [4.69, 9.17) is 9.47 Å². The number of benzene rings is 1. The average molecular weight is 483 g/mol. The zero-order valence-corrected chi connectivity index (χ0v) is 18.5. The van der Waals surface area contributed by atoms with Crippen LogP contribution in [0, 0.1) is 0 Å². The van der Waals surface area contributed by atoms with Gasteiger partial charge in [0.15, 0.2) is 0 Å². The number of carbonyl (C=O) groups excluding carboxylic acids is 1. The molecule has 1 aromatic carbocycles. The molecular formula is C19H26BrF3N2O4. The topological polar surface area (TPSA) is 51.2 Å². The molecule has 10 heteroatoms. The molecule has 6 nitrogen and oxygen atoms in total. The molecular weight excluding hydrogens is 457 g/mol. The number of amides is 1. The van der Waals surface area contributed by atoms with E-state index in [2.05, 4.69) is 25.6 Å². The number of piperazine rings is 1. The molecule has 1 saturated heterocycles. The maximum atomic E-state index is 12.3. The first-order valence-electron chi connectivity index (χ1n) is 9.24. The van der Waals surface area contributed by atoms with Crippen molar-refractivity contribution in [1.29, 1.82) is 0 Å². The number of alkyl halides is 3. The second kappa shape index (κ2) is 9.42. The lowest BCUT2D eigenvalue weighted by atomic mass is 10.2. The highest BCUT2D eigenvalue weighted by atomic mass is 79.9. The summed E-state index contributed by atoms with van der Waals surface area (Å²) < 4.78 is 52.1. The second-order valence-corrected chi connectivity index (χ2v) is 8.67. The first kappa shape index (κ1) is 23.6. The molecule has 164 valence electrons. The van der Waals surface area contributed by atoms with Gasteiger partial charge in [0, 0.05) is 32.2 Å². The summed E-state index contributed by atoms with van der Waals surface area (Å²) in [5.41, 5.74) is -0.532. The van der Waals surface area contributed by atoms with Crippen LogP contribution in [0.15, 0.2) is 22.7 Å². The third kappa shape index (κ3) is 7.93. The predicted molar refractivity (Wildman–Crippen MR) is 105 cm³/mol. The van der Waals surface area contributed by atoms with E-state index in [1.54, 1.807) is 4.90 Å². The fourth-order valence-electron chi connectivity index (χ4n) is 2.91. The standard InChI is InChI=1S/C19H26BrF3N2O4/c1-13-12-24(7-8-25(13)17(26)29-18(2,3)4)9-10-27-16-6-5-14(11-15(16)20)28-19(21,22)23/h5-6,11,13H,7-10,12H2,1-4H3/t13-/m0/s1. The summed E-state index contributed by atoms with van der Waals surface area (Å²) in [7, 11) is 0. The average Bonchev–Trinajstić information content (AvgIpc) is 2.53. The summed E-state index contributed by atoms with van der Waals surface area (Å²) in [6.07, 6.45) is -5.05. The summed E-state index contributed by atoms with van der Waals surface area (Å²) in [4.78, 5) is 16.1. The molecule has 1 fully saturated rings. The first-order chi connectivity index (χ1) is 13.3. The molecule has 2 rings (SSSR count). The third-order valence-electron chi connectivity index (χ3n) is 4.14. The van der Waals surface area contributed by atoms with Crippen LogP contribution in [0.3, 0.4) is 0 Å². The molecule has 0 aliphatic carbocycles. The second-order valence-electron chi connectivity index (χ2n) is 7.81. The smallest absolute Gasteiger partial charge is 0.491 e. The highest BCUT2D eigenvalue weighted by Crippen LogP contribution is 2.32. The molecule has 1 amide bonds. The largest absolute Gasteiger partial charge is 0.573 e. The van der Waals surface area contributed by atoms with Crippen molar-refractivity contribution in [2.45, 2.75) is 45.7 Å². The molecule has 0 radical (unpaired) electrons. The van der Waals surface area contributed by atoms with E-state index in [0.29, 0.717) is 43.0 Å². The van der Waals surface area contributed by atoms with Crippen LogP contribution in [0.1, 0.15) is 27.7 Å². The van der Waals surface area contributed by atoms with Crippen molar-refractivity contribution in [2.75, 3.05) is 32.8 Å². The van der Waals surface area contributed by atoms with Crippen LogP contribution in [0.25, 0.3) is 0 Å². The summed E-state index contributed by atoms with van der Waals surface area (Å²) in [5.74, 6) is 0.115. The molecule has 29 heavy (non-hydrogen) atoms. The zero-order chi connectivity index (χ0) is 21.8. The van der Waals surface area contributed by atoms with Crippen molar-refractivity contribution in [3.05, 3.63) is 22.7 Å². The quantitative estimate of drug-likeness (QED) is 0.610.